The zero-order valence-corrected chi connectivity index (χ0v) is 10.9. The predicted octanol–water partition coefficient (Wildman–Crippen LogP) is 3.69. The van der Waals surface area contributed by atoms with Gasteiger partial charge in [0.15, 0.2) is 17.5 Å². The molecule has 0 aromatic heterocycles. The maximum absolute atomic E-state index is 13.6. The smallest absolute Gasteiger partial charge is 0.195 e. The van der Waals surface area contributed by atoms with Gasteiger partial charge in [-0.15, -0.1) is 0 Å². The highest BCUT2D eigenvalue weighted by atomic mass is 19.2. The SMILES string of the molecule is CCCN(CCC)C(=N)c1c(F)cc(F)c(F)c1F. The molecule has 0 saturated carbocycles. The lowest BCUT2D eigenvalue weighted by molar-refractivity contribution is 0.401. The van der Waals surface area contributed by atoms with Gasteiger partial charge >= 0.3 is 0 Å². The molecule has 0 spiro atoms. The summed E-state index contributed by atoms with van der Waals surface area (Å²) >= 11 is 0. The minimum atomic E-state index is -1.76. The van der Waals surface area contributed by atoms with Gasteiger partial charge in [0.25, 0.3) is 0 Å². The van der Waals surface area contributed by atoms with Crippen LogP contribution in [0.4, 0.5) is 17.6 Å². The Hall–Kier alpha value is -1.59. The molecule has 0 saturated heterocycles. The van der Waals surface area contributed by atoms with Gasteiger partial charge in [-0.25, -0.2) is 17.6 Å². The van der Waals surface area contributed by atoms with Crippen molar-refractivity contribution >= 4 is 5.84 Å². The van der Waals surface area contributed by atoms with Crippen LogP contribution in [0, 0.1) is 28.7 Å². The van der Waals surface area contributed by atoms with Crippen molar-refractivity contribution in [1.29, 1.82) is 5.41 Å². The van der Waals surface area contributed by atoms with Crippen LogP contribution in [0.2, 0.25) is 0 Å². The Morgan fingerprint density at radius 2 is 1.53 bits per heavy atom. The second kappa shape index (κ2) is 6.54. The van der Waals surface area contributed by atoms with Gasteiger partial charge in [0.1, 0.15) is 11.7 Å². The summed E-state index contributed by atoms with van der Waals surface area (Å²) in [6, 6.07) is 0.262. The van der Waals surface area contributed by atoms with Crippen molar-refractivity contribution < 1.29 is 17.6 Å². The molecule has 0 amide bonds. The minimum Gasteiger partial charge on any atom is -0.356 e. The van der Waals surface area contributed by atoms with E-state index in [1.165, 1.54) is 4.90 Å². The fraction of sp³-hybridized carbons (Fsp3) is 0.462. The molecule has 0 aliphatic carbocycles. The van der Waals surface area contributed by atoms with Crippen molar-refractivity contribution in [3.8, 4) is 0 Å². The molecule has 0 atom stereocenters. The van der Waals surface area contributed by atoms with Crippen LogP contribution < -0.4 is 0 Å². The molecule has 106 valence electrons. The summed E-state index contributed by atoms with van der Waals surface area (Å²) in [5, 5.41) is 7.80. The number of rotatable bonds is 5. The molecule has 0 aliphatic heterocycles. The number of benzene rings is 1. The highest BCUT2D eigenvalue weighted by Gasteiger charge is 2.24. The Kier molecular flexibility index (Phi) is 5.32. The molecule has 0 bridgehead atoms. The third-order valence-electron chi connectivity index (χ3n) is 2.65. The van der Waals surface area contributed by atoms with Crippen LogP contribution in [0.25, 0.3) is 0 Å². The van der Waals surface area contributed by atoms with Crippen molar-refractivity contribution in [1.82, 2.24) is 4.90 Å². The molecule has 0 unspecified atom stereocenters. The van der Waals surface area contributed by atoms with E-state index in [1.807, 2.05) is 13.8 Å². The fourth-order valence-electron chi connectivity index (χ4n) is 1.82. The van der Waals surface area contributed by atoms with E-state index in [-0.39, 0.29) is 6.07 Å². The maximum Gasteiger partial charge on any atom is 0.195 e. The van der Waals surface area contributed by atoms with Crippen molar-refractivity contribution in [2.24, 2.45) is 0 Å². The highest BCUT2D eigenvalue weighted by molar-refractivity contribution is 5.96. The van der Waals surface area contributed by atoms with Crippen molar-refractivity contribution in [3.05, 3.63) is 34.9 Å². The van der Waals surface area contributed by atoms with Crippen LogP contribution in [-0.4, -0.2) is 23.8 Å². The van der Waals surface area contributed by atoms with Gasteiger partial charge in [-0.2, -0.15) is 0 Å². The molecule has 6 heteroatoms. The summed E-state index contributed by atoms with van der Waals surface area (Å²) in [6.45, 7) is 4.55. The van der Waals surface area contributed by atoms with E-state index in [1.54, 1.807) is 0 Å². The van der Waals surface area contributed by atoms with E-state index in [0.717, 1.165) is 0 Å². The lowest BCUT2D eigenvalue weighted by Gasteiger charge is -2.24. The van der Waals surface area contributed by atoms with Gasteiger partial charge < -0.3 is 4.90 Å². The average molecular weight is 276 g/mol. The number of amidine groups is 1. The first-order valence-corrected chi connectivity index (χ1v) is 6.10. The Balaban J connectivity index is 3.21. The molecule has 1 aromatic carbocycles. The summed E-state index contributed by atoms with van der Waals surface area (Å²) < 4.78 is 53.1. The Morgan fingerprint density at radius 3 is 2.00 bits per heavy atom. The molecule has 0 radical (unpaired) electrons. The largest absolute Gasteiger partial charge is 0.356 e. The van der Waals surface area contributed by atoms with E-state index in [9.17, 15) is 17.6 Å². The minimum absolute atomic E-state index is 0.262. The topological polar surface area (TPSA) is 27.1 Å². The van der Waals surface area contributed by atoms with E-state index in [2.05, 4.69) is 0 Å². The first kappa shape index (κ1) is 15.5. The van der Waals surface area contributed by atoms with E-state index in [0.29, 0.717) is 25.9 Å². The molecule has 19 heavy (non-hydrogen) atoms. The van der Waals surface area contributed by atoms with Gasteiger partial charge in [0.2, 0.25) is 0 Å². The average Bonchev–Trinajstić information content (AvgIpc) is 2.35. The standard InChI is InChI=1S/C13H16F4N2/c1-3-5-19(6-4-2)13(18)10-8(14)7-9(15)11(16)12(10)17/h7,18H,3-6H2,1-2H3. The third kappa shape index (κ3) is 3.24. The second-order valence-electron chi connectivity index (χ2n) is 4.18. The van der Waals surface area contributed by atoms with Gasteiger partial charge in [-0.05, 0) is 12.8 Å². The second-order valence-corrected chi connectivity index (χ2v) is 4.18. The molecule has 0 fully saturated rings. The lowest BCUT2D eigenvalue weighted by atomic mass is 10.1. The van der Waals surface area contributed by atoms with Gasteiger partial charge in [0.05, 0.1) is 5.56 Å². The number of halogens is 4. The van der Waals surface area contributed by atoms with Gasteiger partial charge in [0, 0.05) is 19.2 Å². The van der Waals surface area contributed by atoms with E-state index >= 15 is 0 Å². The fourth-order valence-corrected chi connectivity index (χ4v) is 1.82. The molecule has 0 aliphatic rings. The first-order chi connectivity index (χ1) is 8.93. The van der Waals surface area contributed by atoms with E-state index in [4.69, 9.17) is 5.41 Å². The Morgan fingerprint density at radius 1 is 1.00 bits per heavy atom. The van der Waals surface area contributed by atoms with E-state index < -0.39 is 34.7 Å². The first-order valence-electron chi connectivity index (χ1n) is 6.10. The summed E-state index contributed by atoms with van der Waals surface area (Å²) in [5.41, 5.74) is -0.819. The number of nitrogens with zero attached hydrogens (tertiary/aromatic N) is 1. The van der Waals surface area contributed by atoms with Crippen LogP contribution in [0.1, 0.15) is 32.3 Å². The van der Waals surface area contributed by atoms with Crippen LogP contribution in [0.3, 0.4) is 0 Å². The molecule has 1 N–H and O–H groups in total. The van der Waals surface area contributed by atoms with Crippen molar-refractivity contribution in [2.45, 2.75) is 26.7 Å². The Bertz CT molecular complexity index is 468. The number of nitrogens with one attached hydrogen (secondary N) is 1. The predicted molar refractivity (Wildman–Crippen MR) is 65.3 cm³/mol. The molecular formula is C13H16F4N2. The Labute approximate surface area is 109 Å². The zero-order chi connectivity index (χ0) is 14.6. The van der Waals surface area contributed by atoms with Crippen molar-refractivity contribution in [2.75, 3.05) is 13.1 Å². The quantitative estimate of drug-likeness (QED) is 0.287. The molecule has 1 rings (SSSR count). The highest BCUT2D eigenvalue weighted by Crippen LogP contribution is 2.21. The van der Waals surface area contributed by atoms with Crippen molar-refractivity contribution in [3.63, 3.8) is 0 Å². The summed E-state index contributed by atoms with van der Waals surface area (Å²) in [5.74, 6) is -6.73. The summed E-state index contributed by atoms with van der Waals surface area (Å²) in [7, 11) is 0. The third-order valence-corrected chi connectivity index (χ3v) is 2.65. The molecular weight excluding hydrogens is 260 g/mol. The monoisotopic (exact) mass is 276 g/mol. The number of hydrogen-bond acceptors (Lipinski definition) is 1. The van der Waals surface area contributed by atoms with Crippen LogP contribution in [0.15, 0.2) is 6.07 Å². The van der Waals surface area contributed by atoms with Gasteiger partial charge in [-0.3, -0.25) is 5.41 Å². The summed E-state index contributed by atoms with van der Waals surface area (Å²) in [6.07, 6.45) is 1.35. The zero-order valence-electron chi connectivity index (χ0n) is 10.9. The van der Waals surface area contributed by atoms with Crippen LogP contribution in [-0.2, 0) is 0 Å². The molecule has 2 nitrogen and oxygen atoms in total. The summed E-state index contributed by atoms with van der Waals surface area (Å²) in [4.78, 5) is 1.44. The van der Waals surface area contributed by atoms with Gasteiger partial charge in [-0.1, -0.05) is 13.8 Å². The van der Waals surface area contributed by atoms with Crippen LogP contribution >= 0.6 is 0 Å². The molecule has 1 aromatic rings. The lowest BCUT2D eigenvalue weighted by Crippen LogP contribution is -2.34. The molecule has 0 heterocycles. The number of hydrogen-bond donors (Lipinski definition) is 1. The van der Waals surface area contributed by atoms with Crippen LogP contribution in [0.5, 0.6) is 0 Å². The normalized spacial score (nSPS) is 10.6. The maximum atomic E-state index is 13.6.